The molecule has 2 atom stereocenters. The molecule has 0 heterocycles. The average Bonchev–Trinajstić information content (AvgIpc) is 1.69. The van der Waals surface area contributed by atoms with Crippen LogP contribution in [0.3, 0.4) is 0 Å². The van der Waals surface area contributed by atoms with Crippen LogP contribution in [0.1, 0.15) is 0 Å². The molecule has 0 bridgehead atoms. The minimum Gasteiger partial charge on any atom is -0.391 e. The number of aliphatic hydroxyl groups is 1. The Morgan fingerprint density at radius 2 is 2.38 bits per heavy atom. The van der Waals surface area contributed by atoms with Gasteiger partial charge in [0.15, 0.2) is 0 Å². The molecule has 0 aliphatic rings. The third kappa shape index (κ3) is 2.17. The van der Waals surface area contributed by atoms with Gasteiger partial charge < -0.3 is 5.11 Å². The molecule has 0 aromatic carbocycles. The summed E-state index contributed by atoms with van der Waals surface area (Å²) in [6.45, 7) is 2.94. The molecule has 0 aromatic rings. The maximum Gasteiger partial charge on any atom is 0.515 e. The van der Waals surface area contributed by atoms with Crippen LogP contribution in [0, 0.1) is 0 Å². The van der Waals surface area contributed by atoms with Gasteiger partial charge in [-0.1, -0.05) is 6.58 Å². The standard InChI is InChI=1S/C4H7O3P/c1-2-4(3-5)8(6)7/h2,4-5H,1,3H2/p+1. The van der Waals surface area contributed by atoms with E-state index in [2.05, 4.69) is 6.58 Å². The Bertz CT molecular complexity index is 101. The molecule has 0 spiro atoms. The zero-order valence-corrected chi connectivity index (χ0v) is 5.21. The SMILES string of the molecule is C=CC(CO)[P+](=O)O. The van der Waals surface area contributed by atoms with E-state index in [0.717, 1.165) is 0 Å². The first-order valence-corrected chi connectivity index (χ1v) is 3.39. The van der Waals surface area contributed by atoms with Gasteiger partial charge in [0.2, 0.25) is 5.66 Å². The smallest absolute Gasteiger partial charge is 0.391 e. The van der Waals surface area contributed by atoms with E-state index in [-0.39, 0.29) is 6.61 Å². The number of rotatable bonds is 3. The van der Waals surface area contributed by atoms with Crippen LogP contribution in [0.4, 0.5) is 0 Å². The van der Waals surface area contributed by atoms with Crippen molar-refractivity contribution in [3.05, 3.63) is 12.7 Å². The normalized spacial score (nSPS) is 15.0. The quantitative estimate of drug-likeness (QED) is 0.431. The van der Waals surface area contributed by atoms with Gasteiger partial charge in [-0.05, 0) is 10.6 Å². The van der Waals surface area contributed by atoms with E-state index in [1.165, 1.54) is 6.08 Å². The largest absolute Gasteiger partial charge is 0.515 e. The lowest BCUT2D eigenvalue weighted by Gasteiger charge is -1.86. The summed E-state index contributed by atoms with van der Waals surface area (Å²) in [5.74, 6) is 0. The molecule has 0 radical (unpaired) electrons. The molecule has 4 heteroatoms. The van der Waals surface area contributed by atoms with Gasteiger partial charge in [0.1, 0.15) is 0 Å². The molecule has 2 unspecified atom stereocenters. The summed E-state index contributed by atoms with van der Waals surface area (Å²) >= 11 is 0. The van der Waals surface area contributed by atoms with Crippen molar-refractivity contribution in [1.82, 2.24) is 0 Å². The van der Waals surface area contributed by atoms with Crippen LogP contribution < -0.4 is 0 Å². The number of hydrogen-bond acceptors (Lipinski definition) is 2. The van der Waals surface area contributed by atoms with Crippen LogP contribution >= 0.6 is 8.03 Å². The summed E-state index contributed by atoms with van der Waals surface area (Å²) in [7, 11) is -2.28. The molecule has 0 saturated carbocycles. The highest BCUT2D eigenvalue weighted by atomic mass is 31.1. The van der Waals surface area contributed by atoms with E-state index in [1.54, 1.807) is 0 Å². The zero-order valence-electron chi connectivity index (χ0n) is 4.32. The molecule has 46 valence electrons. The van der Waals surface area contributed by atoms with Crippen LogP contribution in [-0.4, -0.2) is 22.3 Å². The van der Waals surface area contributed by atoms with Crippen molar-refractivity contribution in [3.63, 3.8) is 0 Å². The molecule has 0 amide bonds. The summed E-state index contributed by atoms with van der Waals surface area (Å²) in [5, 5.41) is 8.28. The van der Waals surface area contributed by atoms with Crippen molar-refractivity contribution < 1.29 is 14.6 Å². The molecule has 2 N–H and O–H groups in total. The molecule has 0 saturated heterocycles. The van der Waals surface area contributed by atoms with E-state index in [9.17, 15) is 4.57 Å². The minimum atomic E-state index is -2.28. The minimum absolute atomic E-state index is 0.310. The maximum atomic E-state index is 10.1. The predicted octanol–water partition coefficient (Wildman–Crippen LogP) is 0.268. The second kappa shape index (κ2) is 3.72. The second-order valence-electron chi connectivity index (χ2n) is 1.29. The van der Waals surface area contributed by atoms with Crippen molar-refractivity contribution in [2.45, 2.75) is 5.66 Å². The van der Waals surface area contributed by atoms with Gasteiger partial charge in [-0.15, -0.1) is 0 Å². The Balaban J connectivity index is 3.69. The maximum absolute atomic E-state index is 10.1. The Morgan fingerprint density at radius 1 is 1.88 bits per heavy atom. The first-order valence-electron chi connectivity index (χ1n) is 2.11. The highest BCUT2D eigenvalue weighted by Gasteiger charge is 2.23. The summed E-state index contributed by atoms with van der Waals surface area (Å²) < 4.78 is 10.1. The number of aliphatic hydroxyl groups excluding tert-OH is 1. The zero-order chi connectivity index (χ0) is 6.57. The first-order chi connectivity index (χ1) is 3.72. The highest BCUT2D eigenvalue weighted by molar-refractivity contribution is 7.39. The van der Waals surface area contributed by atoms with Crippen molar-refractivity contribution in [2.75, 3.05) is 6.61 Å². The summed E-state index contributed by atoms with van der Waals surface area (Å²) in [6.07, 6.45) is 1.26. The van der Waals surface area contributed by atoms with Gasteiger partial charge in [0, 0.05) is 0 Å². The summed E-state index contributed by atoms with van der Waals surface area (Å²) in [4.78, 5) is 8.29. The van der Waals surface area contributed by atoms with Gasteiger partial charge in [-0.3, -0.25) is 0 Å². The Hall–Kier alpha value is -0.240. The molecule has 0 fully saturated rings. The molecular weight excluding hydrogens is 127 g/mol. The molecule has 0 aliphatic heterocycles. The topological polar surface area (TPSA) is 57.5 Å². The monoisotopic (exact) mass is 135 g/mol. The van der Waals surface area contributed by atoms with Gasteiger partial charge in [-0.2, -0.15) is 4.89 Å². The van der Waals surface area contributed by atoms with E-state index in [1.807, 2.05) is 0 Å². The summed E-state index contributed by atoms with van der Waals surface area (Å²) in [6, 6.07) is 0. The van der Waals surface area contributed by atoms with E-state index in [0.29, 0.717) is 0 Å². The van der Waals surface area contributed by atoms with Crippen molar-refractivity contribution in [2.24, 2.45) is 0 Å². The fourth-order valence-corrected chi connectivity index (χ4v) is 0.555. The van der Waals surface area contributed by atoms with Crippen molar-refractivity contribution >= 4 is 8.03 Å². The molecule has 0 rings (SSSR count). The van der Waals surface area contributed by atoms with Crippen molar-refractivity contribution in [1.29, 1.82) is 0 Å². The molecule has 0 aliphatic carbocycles. The molecule has 8 heavy (non-hydrogen) atoms. The second-order valence-corrected chi connectivity index (χ2v) is 2.56. The predicted molar refractivity (Wildman–Crippen MR) is 30.9 cm³/mol. The third-order valence-electron chi connectivity index (χ3n) is 0.743. The number of hydrogen-bond donors (Lipinski definition) is 2. The fourth-order valence-electron chi connectivity index (χ4n) is 0.235. The lowest BCUT2D eigenvalue weighted by molar-refractivity contribution is 0.299. The average molecular weight is 135 g/mol. The Kier molecular flexibility index (Phi) is 3.61. The first kappa shape index (κ1) is 7.76. The van der Waals surface area contributed by atoms with Gasteiger partial charge in [0.05, 0.1) is 6.61 Å². The van der Waals surface area contributed by atoms with Crippen LogP contribution in [-0.2, 0) is 4.57 Å². The Labute approximate surface area is 48.5 Å². The van der Waals surface area contributed by atoms with Gasteiger partial charge in [0.25, 0.3) is 0 Å². The van der Waals surface area contributed by atoms with Gasteiger partial charge in [-0.25, -0.2) is 0 Å². The van der Waals surface area contributed by atoms with E-state index >= 15 is 0 Å². The molecule has 3 nitrogen and oxygen atoms in total. The van der Waals surface area contributed by atoms with E-state index in [4.69, 9.17) is 10.00 Å². The fraction of sp³-hybridized carbons (Fsp3) is 0.500. The summed E-state index contributed by atoms with van der Waals surface area (Å²) in [5.41, 5.74) is -0.662. The lowest BCUT2D eigenvalue weighted by atomic mass is 10.4. The van der Waals surface area contributed by atoms with Gasteiger partial charge >= 0.3 is 8.03 Å². The highest BCUT2D eigenvalue weighted by Crippen LogP contribution is 2.21. The van der Waals surface area contributed by atoms with Crippen LogP contribution in [0.2, 0.25) is 0 Å². The third-order valence-corrected chi connectivity index (χ3v) is 1.68. The van der Waals surface area contributed by atoms with Crippen LogP contribution in [0.15, 0.2) is 12.7 Å². The molecular formula is C4H8O3P+. The van der Waals surface area contributed by atoms with Crippen molar-refractivity contribution in [3.8, 4) is 0 Å². The Morgan fingerprint density at radius 3 is 2.38 bits per heavy atom. The van der Waals surface area contributed by atoms with Crippen LogP contribution in [0.25, 0.3) is 0 Å². The van der Waals surface area contributed by atoms with E-state index < -0.39 is 13.7 Å². The van der Waals surface area contributed by atoms with Crippen LogP contribution in [0.5, 0.6) is 0 Å². The lowest BCUT2D eigenvalue weighted by Crippen LogP contribution is -2.02. The molecule has 0 aromatic heterocycles.